The summed E-state index contributed by atoms with van der Waals surface area (Å²) in [5, 5.41) is 10.6. The number of aryl methyl sites for hydroxylation is 1. The van der Waals surface area contributed by atoms with Gasteiger partial charge in [0.25, 0.3) is 0 Å². The molecule has 0 aromatic carbocycles. The van der Waals surface area contributed by atoms with Crippen LogP contribution in [0.2, 0.25) is 0 Å². The third-order valence-corrected chi connectivity index (χ3v) is 4.13. The van der Waals surface area contributed by atoms with Crippen LogP contribution in [0.5, 0.6) is 0 Å². The van der Waals surface area contributed by atoms with Gasteiger partial charge in [0.05, 0.1) is 6.04 Å². The van der Waals surface area contributed by atoms with Crippen LogP contribution in [0.3, 0.4) is 0 Å². The number of likely N-dealkylation sites (tertiary alicyclic amines) is 1. The lowest BCUT2D eigenvalue weighted by Crippen LogP contribution is -2.28. The summed E-state index contributed by atoms with van der Waals surface area (Å²) in [6.45, 7) is 7.43. The molecule has 0 spiro atoms. The number of amides is 1. The number of hydrogen-bond donors (Lipinski definition) is 1. The van der Waals surface area contributed by atoms with E-state index in [4.69, 9.17) is 9.05 Å². The SMILES string of the molecule is Cc1cc(NC(=O)CCN2CCC[C@H]2c2noc(C(C)C)n2)no1. The molecule has 1 aliphatic heterocycles. The maximum Gasteiger partial charge on any atom is 0.229 e. The molecule has 0 aliphatic carbocycles. The highest BCUT2D eigenvalue weighted by Crippen LogP contribution is 2.30. The zero-order chi connectivity index (χ0) is 17.1. The van der Waals surface area contributed by atoms with Gasteiger partial charge >= 0.3 is 0 Å². The van der Waals surface area contributed by atoms with Crippen molar-refractivity contribution in [3.63, 3.8) is 0 Å². The van der Waals surface area contributed by atoms with Crippen molar-refractivity contribution in [1.29, 1.82) is 0 Å². The van der Waals surface area contributed by atoms with Crippen molar-refractivity contribution in [1.82, 2.24) is 20.2 Å². The third kappa shape index (κ3) is 3.81. The van der Waals surface area contributed by atoms with Crippen molar-refractivity contribution in [3.05, 3.63) is 23.5 Å². The van der Waals surface area contributed by atoms with Crippen LogP contribution in [0.1, 0.15) is 62.5 Å². The summed E-state index contributed by atoms with van der Waals surface area (Å²) in [4.78, 5) is 18.8. The van der Waals surface area contributed by atoms with Crippen LogP contribution in [-0.2, 0) is 4.79 Å². The number of nitrogens with one attached hydrogen (secondary N) is 1. The second kappa shape index (κ2) is 7.12. The van der Waals surface area contributed by atoms with Gasteiger partial charge in [-0.3, -0.25) is 9.69 Å². The van der Waals surface area contributed by atoms with E-state index in [1.807, 2.05) is 13.8 Å². The van der Waals surface area contributed by atoms with Gasteiger partial charge in [-0.2, -0.15) is 4.98 Å². The zero-order valence-electron chi connectivity index (χ0n) is 14.3. The summed E-state index contributed by atoms with van der Waals surface area (Å²) in [6.07, 6.45) is 2.44. The number of nitrogens with zero attached hydrogens (tertiary/aromatic N) is 4. The lowest BCUT2D eigenvalue weighted by molar-refractivity contribution is -0.116. The summed E-state index contributed by atoms with van der Waals surface area (Å²) in [5.41, 5.74) is 0. The lowest BCUT2D eigenvalue weighted by atomic mass is 10.2. The Kier molecular flexibility index (Phi) is 4.94. The predicted octanol–water partition coefficient (Wildman–Crippen LogP) is 2.66. The Labute approximate surface area is 140 Å². The molecule has 1 aliphatic rings. The number of hydrogen-bond acceptors (Lipinski definition) is 7. The van der Waals surface area contributed by atoms with Crippen LogP contribution in [0.15, 0.2) is 15.1 Å². The average molecular weight is 333 g/mol. The Morgan fingerprint density at radius 3 is 2.92 bits per heavy atom. The van der Waals surface area contributed by atoms with Gasteiger partial charge in [-0.15, -0.1) is 0 Å². The van der Waals surface area contributed by atoms with Crippen molar-refractivity contribution >= 4 is 11.7 Å². The molecule has 2 aromatic rings. The molecule has 3 heterocycles. The Morgan fingerprint density at radius 1 is 1.42 bits per heavy atom. The molecule has 0 unspecified atom stereocenters. The van der Waals surface area contributed by atoms with Gasteiger partial charge in [-0.1, -0.05) is 24.2 Å². The maximum absolute atomic E-state index is 12.0. The summed E-state index contributed by atoms with van der Waals surface area (Å²) < 4.78 is 10.2. The zero-order valence-corrected chi connectivity index (χ0v) is 14.3. The molecule has 24 heavy (non-hydrogen) atoms. The van der Waals surface area contributed by atoms with E-state index >= 15 is 0 Å². The molecule has 1 atom stereocenters. The normalized spacial score (nSPS) is 18.4. The third-order valence-electron chi connectivity index (χ3n) is 4.13. The minimum Gasteiger partial charge on any atom is -0.360 e. The Bertz CT molecular complexity index is 693. The van der Waals surface area contributed by atoms with Crippen molar-refractivity contribution in [2.45, 2.75) is 52.0 Å². The first kappa shape index (κ1) is 16.6. The van der Waals surface area contributed by atoms with Gasteiger partial charge < -0.3 is 14.4 Å². The Hall–Kier alpha value is -2.22. The lowest BCUT2D eigenvalue weighted by Gasteiger charge is -2.21. The molecule has 8 nitrogen and oxygen atoms in total. The van der Waals surface area contributed by atoms with Crippen LogP contribution >= 0.6 is 0 Å². The number of carbonyl (C=O) groups is 1. The van der Waals surface area contributed by atoms with Gasteiger partial charge in [-0.05, 0) is 26.3 Å². The molecular formula is C16H23N5O3. The van der Waals surface area contributed by atoms with Gasteiger partial charge in [0.2, 0.25) is 11.8 Å². The highest BCUT2D eigenvalue weighted by Gasteiger charge is 2.30. The number of rotatable bonds is 6. The molecule has 3 rings (SSSR count). The maximum atomic E-state index is 12.0. The van der Waals surface area contributed by atoms with E-state index in [1.54, 1.807) is 13.0 Å². The number of aromatic nitrogens is 3. The van der Waals surface area contributed by atoms with Crippen LogP contribution in [0.25, 0.3) is 0 Å². The minimum absolute atomic E-state index is 0.0788. The average Bonchev–Trinajstić information content (AvgIpc) is 3.24. The van der Waals surface area contributed by atoms with Gasteiger partial charge in [0.1, 0.15) is 5.76 Å². The highest BCUT2D eigenvalue weighted by atomic mass is 16.5. The van der Waals surface area contributed by atoms with E-state index in [0.29, 0.717) is 30.4 Å². The van der Waals surface area contributed by atoms with E-state index in [2.05, 4.69) is 25.5 Å². The van der Waals surface area contributed by atoms with Crippen molar-refractivity contribution in [3.8, 4) is 0 Å². The summed E-state index contributed by atoms with van der Waals surface area (Å²) in [7, 11) is 0. The first-order chi connectivity index (χ1) is 11.5. The largest absolute Gasteiger partial charge is 0.360 e. The van der Waals surface area contributed by atoms with Gasteiger partial charge in [0.15, 0.2) is 11.6 Å². The number of carbonyl (C=O) groups excluding carboxylic acids is 1. The fraction of sp³-hybridized carbons (Fsp3) is 0.625. The quantitative estimate of drug-likeness (QED) is 0.867. The first-order valence-corrected chi connectivity index (χ1v) is 8.33. The monoisotopic (exact) mass is 333 g/mol. The molecule has 1 amide bonds. The molecule has 0 radical (unpaired) electrons. The van der Waals surface area contributed by atoms with Crippen LogP contribution in [0, 0.1) is 6.92 Å². The van der Waals surface area contributed by atoms with E-state index in [9.17, 15) is 4.79 Å². The smallest absolute Gasteiger partial charge is 0.229 e. The van der Waals surface area contributed by atoms with E-state index < -0.39 is 0 Å². The van der Waals surface area contributed by atoms with E-state index in [-0.39, 0.29) is 17.9 Å². The first-order valence-electron chi connectivity index (χ1n) is 8.33. The second-order valence-corrected chi connectivity index (χ2v) is 6.46. The molecular weight excluding hydrogens is 310 g/mol. The Morgan fingerprint density at radius 2 is 2.25 bits per heavy atom. The molecule has 1 saturated heterocycles. The topological polar surface area (TPSA) is 97.3 Å². The number of anilines is 1. The van der Waals surface area contributed by atoms with E-state index in [1.165, 1.54) is 0 Å². The van der Waals surface area contributed by atoms with Crippen LogP contribution in [0.4, 0.5) is 5.82 Å². The van der Waals surface area contributed by atoms with Crippen LogP contribution < -0.4 is 5.32 Å². The van der Waals surface area contributed by atoms with Crippen molar-refractivity contribution < 1.29 is 13.8 Å². The molecule has 0 bridgehead atoms. The molecule has 2 aromatic heterocycles. The van der Waals surface area contributed by atoms with Gasteiger partial charge in [-0.25, -0.2) is 0 Å². The summed E-state index contributed by atoms with van der Waals surface area (Å²) in [5.74, 6) is 2.65. The second-order valence-electron chi connectivity index (χ2n) is 6.46. The van der Waals surface area contributed by atoms with Crippen molar-refractivity contribution in [2.75, 3.05) is 18.4 Å². The fourth-order valence-electron chi connectivity index (χ4n) is 2.88. The van der Waals surface area contributed by atoms with Crippen LogP contribution in [-0.4, -0.2) is 39.2 Å². The molecule has 0 saturated carbocycles. The van der Waals surface area contributed by atoms with Crippen molar-refractivity contribution in [2.24, 2.45) is 0 Å². The summed E-state index contributed by atoms with van der Waals surface area (Å²) in [6, 6.07) is 1.83. The summed E-state index contributed by atoms with van der Waals surface area (Å²) >= 11 is 0. The highest BCUT2D eigenvalue weighted by molar-refractivity contribution is 5.89. The minimum atomic E-state index is -0.0788. The molecule has 1 N–H and O–H groups in total. The molecule has 130 valence electrons. The molecule has 1 fully saturated rings. The Balaban J connectivity index is 1.54. The van der Waals surface area contributed by atoms with Gasteiger partial charge in [0, 0.05) is 24.9 Å². The predicted molar refractivity (Wildman–Crippen MR) is 86.4 cm³/mol. The van der Waals surface area contributed by atoms with E-state index in [0.717, 1.165) is 25.2 Å². The fourth-order valence-corrected chi connectivity index (χ4v) is 2.88. The molecule has 8 heteroatoms. The standard InChI is InChI=1S/C16H23N5O3/c1-10(2)16-18-15(20-24-16)12-5-4-7-21(12)8-6-14(22)17-13-9-11(3)23-19-13/h9-10,12H,4-8H2,1-3H3,(H,17,19,22)/t12-/m0/s1.